The van der Waals surface area contributed by atoms with E-state index >= 15 is 0 Å². The number of alkyl carbamates (subject to hydrolysis) is 1. The van der Waals surface area contributed by atoms with E-state index in [9.17, 15) is 33.6 Å². The maximum absolute atomic E-state index is 13.5. The summed E-state index contributed by atoms with van der Waals surface area (Å²) < 4.78 is 5.26. The summed E-state index contributed by atoms with van der Waals surface area (Å²) in [6.45, 7) is 12.4. The van der Waals surface area contributed by atoms with Crippen molar-refractivity contribution in [3.8, 4) is 0 Å². The average Bonchev–Trinajstić information content (AvgIpc) is 3.04. The number of hydrogen-bond donors (Lipinski definition) is 5. The molecule has 0 radical (unpaired) electrons. The fourth-order valence-electron chi connectivity index (χ4n) is 4.98. The molecule has 5 amide bonds. The Kier molecular flexibility index (Phi) is 21.0. The Morgan fingerprint density at radius 2 is 1.34 bits per heavy atom. The molecule has 0 unspecified atom stereocenters. The van der Waals surface area contributed by atoms with Crippen LogP contribution in [-0.4, -0.2) is 67.0 Å². The number of carbonyl (C=O) groups excluding carboxylic acids is 7. The van der Waals surface area contributed by atoms with Gasteiger partial charge in [-0.05, 0) is 54.6 Å². The molecule has 1 rings (SSSR count). The quantitative estimate of drug-likeness (QED) is 0.0936. The highest BCUT2D eigenvalue weighted by molar-refractivity contribution is 5.94. The highest BCUT2D eigenvalue weighted by Gasteiger charge is 2.29. The van der Waals surface area contributed by atoms with Crippen molar-refractivity contribution in [3.05, 3.63) is 35.4 Å². The molecule has 0 aromatic heterocycles. The highest BCUT2D eigenvalue weighted by atomic mass is 16.5. The van der Waals surface area contributed by atoms with Crippen LogP contribution in [0, 0.1) is 23.7 Å². The molecule has 1 aromatic rings. The van der Waals surface area contributed by atoms with Gasteiger partial charge in [0.2, 0.25) is 11.8 Å². The molecule has 0 heterocycles. The van der Waals surface area contributed by atoms with Gasteiger partial charge in [-0.2, -0.15) is 0 Å². The van der Waals surface area contributed by atoms with Crippen molar-refractivity contribution in [1.29, 1.82) is 0 Å². The molecular formula is C37H59N5O8. The summed E-state index contributed by atoms with van der Waals surface area (Å²) in [6.07, 6.45) is 1.86. The molecule has 0 aliphatic rings. The second-order valence-corrected chi connectivity index (χ2v) is 14.0. The minimum absolute atomic E-state index is 0.0623. The first kappa shape index (κ1) is 43.7. The number of nitrogens with one attached hydrogen (secondary N) is 4. The van der Waals surface area contributed by atoms with Gasteiger partial charge in [-0.1, -0.05) is 65.8 Å². The molecule has 0 spiro atoms. The van der Waals surface area contributed by atoms with E-state index in [-0.39, 0.29) is 74.6 Å². The van der Waals surface area contributed by atoms with E-state index in [0.29, 0.717) is 44.1 Å². The van der Waals surface area contributed by atoms with Crippen molar-refractivity contribution in [1.82, 2.24) is 21.3 Å². The van der Waals surface area contributed by atoms with Gasteiger partial charge in [-0.25, -0.2) is 9.59 Å². The van der Waals surface area contributed by atoms with Crippen LogP contribution in [-0.2, 0) is 41.7 Å². The van der Waals surface area contributed by atoms with Gasteiger partial charge in [0.25, 0.3) is 0 Å². The Bertz CT molecular complexity index is 1260. The zero-order valence-electron chi connectivity index (χ0n) is 30.7. The van der Waals surface area contributed by atoms with Crippen LogP contribution in [0.2, 0.25) is 0 Å². The Morgan fingerprint density at radius 3 is 1.94 bits per heavy atom. The molecule has 0 saturated carbocycles. The first-order valence-electron chi connectivity index (χ1n) is 17.7. The highest BCUT2D eigenvalue weighted by Crippen LogP contribution is 2.20. The lowest BCUT2D eigenvalue weighted by Crippen LogP contribution is -2.45. The number of ketones is 3. The molecule has 0 bridgehead atoms. The topological polar surface area (TPSA) is 203 Å². The number of hydrogen-bond acceptors (Lipinski definition) is 8. The van der Waals surface area contributed by atoms with Crippen LogP contribution < -0.4 is 27.0 Å². The van der Waals surface area contributed by atoms with Gasteiger partial charge < -0.3 is 31.7 Å². The maximum Gasteiger partial charge on any atom is 0.407 e. The van der Waals surface area contributed by atoms with Crippen molar-refractivity contribution in [2.45, 2.75) is 112 Å². The standard InChI is InChI=1S/C37H59N5O8/c1-24(2)9-15-33(46)41-22-30(43)14-16-34(47)42-35(26(5)6)32(45)21-29(8-7-18-39-36(38)48)31(44)20-27-10-12-28(13-11-27)23-50-37(49)40-19-17-25(3)4/h10-13,24-26,29,35H,7-9,14-23H2,1-6H3,(H,40,49)(H,41,46)(H,42,47)(H3,38,39,48)/t29-,35+/m1/s1. The minimum Gasteiger partial charge on any atom is -0.445 e. The van der Waals surface area contributed by atoms with E-state index in [1.807, 2.05) is 13.8 Å². The van der Waals surface area contributed by atoms with Crippen LogP contribution >= 0.6 is 0 Å². The Morgan fingerprint density at radius 1 is 0.700 bits per heavy atom. The van der Waals surface area contributed by atoms with Gasteiger partial charge in [0.1, 0.15) is 12.4 Å². The summed E-state index contributed by atoms with van der Waals surface area (Å²) in [5, 5.41) is 10.5. The SMILES string of the molecule is CC(C)CCNC(=O)OCc1ccc(CC(=O)[C@H](CCCNC(N)=O)CC(=O)[C@@H](NC(=O)CCC(=O)CNC(=O)CCC(C)C)C(C)C)cc1. The lowest BCUT2D eigenvalue weighted by Gasteiger charge is -2.24. The van der Waals surface area contributed by atoms with E-state index < -0.39 is 30.0 Å². The molecule has 50 heavy (non-hydrogen) atoms. The largest absolute Gasteiger partial charge is 0.445 e. The summed E-state index contributed by atoms with van der Waals surface area (Å²) in [7, 11) is 0. The average molecular weight is 702 g/mol. The Hall–Kier alpha value is -4.29. The van der Waals surface area contributed by atoms with Crippen molar-refractivity contribution in [2.75, 3.05) is 19.6 Å². The third-order valence-corrected chi connectivity index (χ3v) is 8.09. The maximum atomic E-state index is 13.5. The number of ether oxygens (including phenoxy) is 1. The summed E-state index contributed by atoms with van der Waals surface area (Å²) >= 11 is 0. The Balaban J connectivity index is 2.79. The normalized spacial score (nSPS) is 12.3. The first-order chi connectivity index (χ1) is 23.6. The number of urea groups is 1. The predicted molar refractivity (Wildman–Crippen MR) is 191 cm³/mol. The van der Waals surface area contributed by atoms with Crippen LogP contribution in [0.4, 0.5) is 9.59 Å². The summed E-state index contributed by atoms with van der Waals surface area (Å²) in [6, 6.07) is 5.55. The Labute approximate surface area is 297 Å². The van der Waals surface area contributed by atoms with Gasteiger partial charge >= 0.3 is 12.1 Å². The van der Waals surface area contributed by atoms with Crippen molar-refractivity contribution >= 4 is 41.3 Å². The van der Waals surface area contributed by atoms with E-state index in [0.717, 1.165) is 17.5 Å². The molecule has 13 nitrogen and oxygen atoms in total. The van der Waals surface area contributed by atoms with Crippen LogP contribution in [0.5, 0.6) is 0 Å². The number of nitrogens with two attached hydrogens (primary N) is 1. The fourth-order valence-corrected chi connectivity index (χ4v) is 4.98. The second-order valence-electron chi connectivity index (χ2n) is 14.0. The van der Waals surface area contributed by atoms with Gasteiger partial charge in [-0.15, -0.1) is 0 Å². The summed E-state index contributed by atoms with van der Waals surface area (Å²) in [5.41, 5.74) is 6.65. The van der Waals surface area contributed by atoms with Crippen LogP contribution in [0.25, 0.3) is 0 Å². The van der Waals surface area contributed by atoms with Crippen LogP contribution in [0.1, 0.15) is 104 Å². The molecule has 0 saturated heterocycles. The summed E-state index contributed by atoms with van der Waals surface area (Å²) in [5.74, 6) is -1.56. The van der Waals surface area contributed by atoms with Gasteiger partial charge in [0.05, 0.1) is 12.6 Å². The third kappa shape index (κ3) is 20.3. The van der Waals surface area contributed by atoms with Gasteiger partial charge in [0, 0.05) is 51.1 Å². The molecule has 0 fully saturated rings. The molecule has 2 atom stereocenters. The number of amides is 5. The number of Topliss-reactive ketones (excluding diaryl/α,β-unsaturated/α-hetero) is 3. The third-order valence-electron chi connectivity index (χ3n) is 8.09. The fraction of sp³-hybridized carbons (Fsp3) is 0.649. The van der Waals surface area contributed by atoms with E-state index in [1.165, 1.54) is 0 Å². The minimum atomic E-state index is -0.866. The van der Waals surface area contributed by atoms with E-state index in [1.54, 1.807) is 38.1 Å². The predicted octanol–water partition coefficient (Wildman–Crippen LogP) is 4.14. The lowest BCUT2D eigenvalue weighted by molar-refractivity contribution is -0.132. The second kappa shape index (κ2) is 24.0. The number of carbonyl (C=O) groups is 7. The smallest absolute Gasteiger partial charge is 0.407 e. The first-order valence-corrected chi connectivity index (χ1v) is 17.7. The molecule has 6 N–H and O–H groups in total. The molecule has 280 valence electrons. The van der Waals surface area contributed by atoms with Crippen molar-refractivity contribution in [3.63, 3.8) is 0 Å². The molecule has 0 aliphatic heterocycles. The van der Waals surface area contributed by atoms with Crippen LogP contribution in [0.15, 0.2) is 24.3 Å². The molecular weight excluding hydrogens is 642 g/mol. The molecule has 0 aliphatic carbocycles. The zero-order valence-corrected chi connectivity index (χ0v) is 30.7. The van der Waals surface area contributed by atoms with Crippen LogP contribution in [0.3, 0.4) is 0 Å². The molecule has 1 aromatic carbocycles. The van der Waals surface area contributed by atoms with Crippen molar-refractivity contribution < 1.29 is 38.3 Å². The van der Waals surface area contributed by atoms with Crippen molar-refractivity contribution in [2.24, 2.45) is 29.4 Å². The number of benzene rings is 1. The monoisotopic (exact) mass is 701 g/mol. The zero-order chi connectivity index (χ0) is 37.6. The van der Waals surface area contributed by atoms with E-state index in [2.05, 4.69) is 35.1 Å². The lowest BCUT2D eigenvalue weighted by atomic mass is 9.85. The van der Waals surface area contributed by atoms with E-state index in [4.69, 9.17) is 10.5 Å². The van der Waals surface area contributed by atoms with Gasteiger partial charge in [-0.3, -0.25) is 24.0 Å². The number of rotatable bonds is 25. The molecule has 13 heteroatoms. The summed E-state index contributed by atoms with van der Waals surface area (Å²) in [4.78, 5) is 87.0. The van der Waals surface area contributed by atoms with Gasteiger partial charge in [0.15, 0.2) is 11.6 Å². The number of primary amides is 1.